The van der Waals surface area contributed by atoms with Gasteiger partial charge in [-0.2, -0.15) is 0 Å². The molecule has 0 aliphatic heterocycles. The van der Waals surface area contributed by atoms with Crippen LogP contribution >= 0.6 is 0 Å². The van der Waals surface area contributed by atoms with Crippen LogP contribution in [-0.2, 0) is 4.79 Å². The highest BCUT2D eigenvalue weighted by atomic mass is 16.4. The van der Waals surface area contributed by atoms with Crippen LogP contribution in [0, 0.1) is 0 Å². The summed E-state index contributed by atoms with van der Waals surface area (Å²) < 4.78 is 29.4. The van der Waals surface area contributed by atoms with Crippen molar-refractivity contribution < 1.29 is 15.4 Å². The summed E-state index contributed by atoms with van der Waals surface area (Å²) in [5.41, 5.74) is 15.0. The van der Waals surface area contributed by atoms with Crippen LogP contribution in [0.15, 0.2) is 4.99 Å². The summed E-state index contributed by atoms with van der Waals surface area (Å²) >= 11 is 0. The third-order valence-corrected chi connectivity index (χ3v) is 0.849. The number of carbonyl (C=O) groups is 1. The van der Waals surface area contributed by atoms with Crippen LogP contribution in [0.25, 0.3) is 0 Å². The van der Waals surface area contributed by atoms with Crippen molar-refractivity contribution in [3.8, 4) is 0 Å². The summed E-state index contributed by atoms with van der Waals surface area (Å²) in [6.45, 7) is -1.80. The number of nitrogens with two attached hydrogens (primary N) is 3. The van der Waals surface area contributed by atoms with Gasteiger partial charge >= 0.3 is 5.97 Å². The van der Waals surface area contributed by atoms with E-state index < -0.39 is 37.3 Å². The third kappa shape index (κ3) is 5.48. The van der Waals surface area contributed by atoms with Crippen LogP contribution in [0.1, 0.15) is 18.3 Å². The molecule has 0 aromatic heterocycles. The van der Waals surface area contributed by atoms with Crippen LogP contribution in [0.5, 0.6) is 0 Å². The molecule has 0 saturated heterocycles. The van der Waals surface area contributed by atoms with E-state index >= 15 is 0 Å². The molecule has 0 aromatic carbocycles. The SMILES string of the molecule is [2H]C(N=C(N)N)C([2H])([2H])C([2H])[C@H](N)C(=O)O. The number of aliphatic carboxylic acids is 1. The van der Waals surface area contributed by atoms with Gasteiger partial charge in [-0.05, 0) is 12.8 Å². The number of rotatable bonds is 5. The molecule has 0 saturated carbocycles. The zero-order valence-corrected chi connectivity index (χ0v) is 6.27. The summed E-state index contributed by atoms with van der Waals surface area (Å²) in [6, 6.07) is -1.75. The Morgan fingerprint density at radius 1 is 1.67 bits per heavy atom. The average Bonchev–Trinajstić information content (AvgIpc) is 2.14. The second-order valence-corrected chi connectivity index (χ2v) is 1.88. The highest BCUT2D eigenvalue weighted by molar-refractivity contribution is 5.75. The van der Waals surface area contributed by atoms with Gasteiger partial charge in [-0.25, -0.2) is 0 Å². The standard InChI is InChI=1S/C6H14N4O2/c7-4(5(11)12)2-1-3-10-6(8)9/h4H,1-3,7H2,(H,11,12)(H4,8,9,10)/t4-/m0/s1/i1D2,2D,3D/t2?,3?,4-. The minimum Gasteiger partial charge on any atom is -0.480 e. The van der Waals surface area contributed by atoms with E-state index in [-0.39, 0.29) is 0 Å². The van der Waals surface area contributed by atoms with Crippen molar-refractivity contribution in [3.05, 3.63) is 0 Å². The highest BCUT2D eigenvalue weighted by Crippen LogP contribution is 1.94. The topological polar surface area (TPSA) is 128 Å². The lowest BCUT2D eigenvalue weighted by molar-refractivity contribution is -0.138. The quantitative estimate of drug-likeness (QED) is 0.299. The van der Waals surface area contributed by atoms with Crippen LogP contribution in [0.3, 0.4) is 0 Å². The Balaban J connectivity index is 4.90. The Morgan fingerprint density at radius 2 is 2.25 bits per heavy atom. The summed E-state index contributed by atoms with van der Waals surface area (Å²) in [6.07, 6.45) is -4.42. The van der Waals surface area contributed by atoms with E-state index in [9.17, 15) is 4.79 Å². The van der Waals surface area contributed by atoms with E-state index in [2.05, 4.69) is 4.99 Å². The van der Waals surface area contributed by atoms with Crippen molar-refractivity contribution in [1.82, 2.24) is 0 Å². The fourth-order valence-corrected chi connectivity index (χ4v) is 0.330. The maximum atomic E-state index is 10.5. The lowest BCUT2D eigenvalue weighted by Gasteiger charge is -2.03. The van der Waals surface area contributed by atoms with Gasteiger partial charge in [0.05, 0.1) is 1.37 Å². The largest absolute Gasteiger partial charge is 0.480 e. The molecule has 0 radical (unpaired) electrons. The highest BCUT2D eigenvalue weighted by Gasteiger charge is 2.09. The molecule has 0 fully saturated rings. The first-order valence-corrected chi connectivity index (χ1v) is 3.02. The molecule has 70 valence electrons. The normalized spacial score (nSPS) is 23.4. The molecule has 0 rings (SSSR count). The molecule has 0 aromatic rings. The first-order chi connectivity index (χ1) is 7.10. The van der Waals surface area contributed by atoms with Crippen molar-refractivity contribution in [2.45, 2.75) is 18.8 Å². The molecule has 7 N–H and O–H groups in total. The Hall–Kier alpha value is -1.30. The zero-order chi connectivity index (χ0) is 13.1. The number of carboxylic acid groups (broad SMARTS) is 1. The van der Waals surface area contributed by atoms with Crippen LogP contribution in [0.2, 0.25) is 0 Å². The van der Waals surface area contributed by atoms with Gasteiger partial charge in [0.1, 0.15) is 6.04 Å². The molecular weight excluding hydrogens is 160 g/mol. The predicted octanol–water partition coefficient (Wildman–Crippen LogP) is -1.55. The molecule has 0 amide bonds. The summed E-state index contributed by atoms with van der Waals surface area (Å²) in [5, 5.41) is 8.52. The van der Waals surface area contributed by atoms with Crippen molar-refractivity contribution in [2.75, 3.05) is 6.52 Å². The zero-order valence-electron chi connectivity index (χ0n) is 10.3. The van der Waals surface area contributed by atoms with E-state index in [4.69, 9.17) is 27.8 Å². The first kappa shape index (κ1) is 5.36. The minimum atomic E-state index is -2.57. The van der Waals surface area contributed by atoms with Gasteiger partial charge < -0.3 is 22.3 Å². The minimum absolute atomic E-state index is 0.514. The second kappa shape index (κ2) is 5.36. The lowest BCUT2D eigenvalue weighted by atomic mass is 10.2. The van der Waals surface area contributed by atoms with Crippen LogP contribution in [0.4, 0.5) is 0 Å². The number of carboxylic acids is 1. The first-order valence-electron chi connectivity index (χ1n) is 5.17. The molecule has 2 unspecified atom stereocenters. The van der Waals surface area contributed by atoms with Crippen LogP contribution < -0.4 is 17.2 Å². The summed E-state index contributed by atoms with van der Waals surface area (Å²) in [7, 11) is 0. The monoisotopic (exact) mass is 178 g/mol. The molecule has 0 bridgehead atoms. The Morgan fingerprint density at radius 3 is 2.67 bits per heavy atom. The van der Waals surface area contributed by atoms with Gasteiger partial charge in [0.25, 0.3) is 0 Å². The van der Waals surface area contributed by atoms with Crippen molar-refractivity contribution in [1.29, 1.82) is 0 Å². The lowest BCUT2D eigenvalue weighted by Crippen LogP contribution is -2.30. The molecular formula is C6H14N4O2. The fourth-order valence-electron chi connectivity index (χ4n) is 0.330. The predicted molar refractivity (Wildman–Crippen MR) is 45.5 cm³/mol. The molecule has 6 nitrogen and oxygen atoms in total. The van der Waals surface area contributed by atoms with E-state index in [1.54, 1.807) is 0 Å². The molecule has 0 heterocycles. The number of hydrogen-bond acceptors (Lipinski definition) is 3. The van der Waals surface area contributed by atoms with E-state index in [1.165, 1.54) is 0 Å². The summed E-state index contributed by atoms with van der Waals surface area (Å²) in [4.78, 5) is 13.7. The van der Waals surface area contributed by atoms with Gasteiger partial charge in [-0.15, -0.1) is 0 Å². The van der Waals surface area contributed by atoms with Gasteiger partial charge in [0.2, 0.25) is 0 Å². The van der Waals surface area contributed by atoms with Gasteiger partial charge in [0, 0.05) is 10.6 Å². The van der Waals surface area contributed by atoms with Crippen LogP contribution in [-0.4, -0.2) is 29.6 Å². The Bertz CT molecular complexity index is 294. The van der Waals surface area contributed by atoms with Crippen molar-refractivity contribution in [3.63, 3.8) is 0 Å². The van der Waals surface area contributed by atoms with E-state index in [0.29, 0.717) is 0 Å². The number of nitrogens with zero attached hydrogens (tertiary/aromatic N) is 1. The molecule has 12 heavy (non-hydrogen) atoms. The smallest absolute Gasteiger partial charge is 0.320 e. The molecule has 6 heteroatoms. The maximum absolute atomic E-state index is 10.5. The number of guanidine groups is 1. The van der Waals surface area contributed by atoms with Gasteiger partial charge in [0.15, 0.2) is 5.96 Å². The van der Waals surface area contributed by atoms with Gasteiger partial charge in [-0.3, -0.25) is 9.79 Å². The molecule has 0 aliphatic rings. The number of hydrogen-bond donors (Lipinski definition) is 4. The Kier molecular flexibility index (Phi) is 2.40. The fraction of sp³-hybridized carbons (Fsp3) is 0.667. The molecule has 0 aliphatic carbocycles. The van der Waals surface area contributed by atoms with Crippen molar-refractivity contribution in [2.24, 2.45) is 22.2 Å². The number of aliphatic imine (C=N–C) groups is 1. The second-order valence-electron chi connectivity index (χ2n) is 1.88. The summed E-state index contributed by atoms with van der Waals surface area (Å²) in [5.74, 6) is -2.04. The van der Waals surface area contributed by atoms with E-state index in [1.807, 2.05) is 0 Å². The van der Waals surface area contributed by atoms with E-state index in [0.717, 1.165) is 0 Å². The average molecular weight is 178 g/mol. The molecule has 3 atom stereocenters. The van der Waals surface area contributed by atoms with Crippen molar-refractivity contribution >= 4 is 11.9 Å². The Labute approximate surface area is 76.1 Å². The van der Waals surface area contributed by atoms with Gasteiger partial charge in [-0.1, -0.05) is 0 Å². The third-order valence-electron chi connectivity index (χ3n) is 0.849. The maximum Gasteiger partial charge on any atom is 0.320 e. The molecule has 0 spiro atoms.